The van der Waals surface area contributed by atoms with Crippen LogP contribution in [0.4, 0.5) is 0 Å². The van der Waals surface area contributed by atoms with Crippen molar-refractivity contribution in [2.24, 2.45) is 0 Å². The van der Waals surface area contributed by atoms with Gasteiger partial charge in [0, 0.05) is 10.5 Å². The monoisotopic (exact) mass is 103 g/mol. The molecule has 42 valence electrons. The third-order valence-electron chi connectivity index (χ3n) is 0.619. The topological polar surface area (TPSA) is 17.1 Å². The largest absolute Gasteiger partial charge is 0.303 e. The van der Waals surface area contributed by atoms with Crippen molar-refractivity contribution in [3.63, 3.8) is 0 Å². The second-order valence-corrected chi connectivity index (χ2v) is 1.28. The molecule has 0 heterocycles. The summed E-state index contributed by atoms with van der Waals surface area (Å²) in [5.41, 5.74) is 0. The summed E-state index contributed by atoms with van der Waals surface area (Å²) in [7, 11) is 0. The molecule has 1 atom stereocenters. The molecule has 1 nitrogen and oxygen atoms in total. The maximum absolute atomic E-state index is 10.0. The van der Waals surface area contributed by atoms with E-state index in [-0.39, 0.29) is 6.29 Å². The van der Waals surface area contributed by atoms with Gasteiger partial charge < -0.3 is 4.79 Å². The molecule has 0 aromatic heterocycles. The van der Waals surface area contributed by atoms with Gasteiger partial charge in [0.15, 0.2) is 0 Å². The molecule has 7 heavy (non-hydrogen) atoms. The maximum atomic E-state index is 10.0. The molecular formula is C6H12O. The van der Waals surface area contributed by atoms with Crippen LogP contribution in [0.5, 0.6) is 0 Å². The molecule has 0 rings (SSSR count). The first kappa shape index (κ1) is 2.85. The van der Waals surface area contributed by atoms with E-state index in [1.165, 1.54) is 0 Å². The predicted octanol–water partition coefficient (Wildman–Crippen LogP) is 1.77. The van der Waals surface area contributed by atoms with E-state index in [0.717, 1.165) is 6.42 Å². The van der Waals surface area contributed by atoms with Gasteiger partial charge in [-0.3, -0.25) is 0 Å². The van der Waals surface area contributed by atoms with Gasteiger partial charge in [-0.15, -0.1) is 0 Å². The van der Waals surface area contributed by atoms with E-state index in [1.54, 1.807) is 0 Å². The van der Waals surface area contributed by atoms with Crippen LogP contribution in [0.15, 0.2) is 0 Å². The van der Waals surface area contributed by atoms with Crippen LogP contribution in [0.1, 0.15) is 36.6 Å². The molecule has 0 fully saturated rings. The highest BCUT2D eigenvalue weighted by molar-refractivity contribution is 5.48. The fraction of sp³-hybridized carbons (Fsp3) is 0.833. The summed E-state index contributed by atoms with van der Waals surface area (Å²) in [6.45, 7) is 1.86. The Kier molecular flexibility index (Phi) is 2.31. The third-order valence-corrected chi connectivity index (χ3v) is 0.619. The zero-order valence-corrected chi connectivity index (χ0v) is 4.48. The minimum absolute atomic E-state index is 0.209. The van der Waals surface area contributed by atoms with Crippen molar-refractivity contribution >= 4 is 6.29 Å². The summed E-state index contributed by atoms with van der Waals surface area (Å²) in [5.74, 6) is 0. The van der Waals surface area contributed by atoms with Crippen molar-refractivity contribution in [2.75, 3.05) is 0 Å². The molecule has 1 heteroatoms. The van der Waals surface area contributed by atoms with Crippen molar-refractivity contribution in [2.45, 2.75) is 32.5 Å². The first-order chi connectivity index (χ1) is 4.54. The number of rotatable bonds is 4. The van der Waals surface area contributed by atoms with Crippen LogP contribution in [-0.2, 0) is 4.79 Å². The molecule has 0 amide bonds. The molecule has 0 N–H and O–H groups in total. The zero-order chi connectivity index (χ0) is 8.20. The summed E-state index contributed by atoms with van der Waals surface area (Å²) in [6, 6.07) is 0. The Labute approximate surface area is 48.9 Å². The van der Waals surface area contributed by atoms with E-state index in [0.29, 0.717) is 6.42 Å². The molecule has 1 unspecified atom stereocenters. The fourth-order valence-corrected chi connectivity index (χ4v) is 0.276. The van der Waals surface area contributed by atoms with Crippen LogP contribution in [0.3, 0.4) is 0 Å². The smallest absolute Gasteiger partial charge is 0.119 e. The minimum Gasteiger partial charge on any atom is -0.303 e. The van der Waals surface area contributed by atoms with Gasteiger partial charge in [-0.25, -0.2) is 0 Å². The van der Waals surface area contributed by atoms with Crippen LogP contribution in [0.2, 0.25) is 0 Å². The second-order valence-electron chi connectivity index (χ2n) is 1.28. The van der Waals surface area contributed by atoms with Crippen LogP contribution >= 0.6 is 0 Å². The van der Waals surface area contributed by atoms with Gasteiger partial charge >= 0.3 is 0 Å². The van der Waals surface area contributed by atoms with E-state index >= 15 is 0 Å². The lowest BCUT2D eigenvalue weighted by Crippen LogP contribution is -1.73. The number of carbonyl (C=O) groups is 1. The summed E-state index contributed by atoms with van der Waals surface area (Å²) in [4.78, 5) is 10.0. The molecule has 0 aliphatic carbocycles. The summed E-state index contributed by atoms with van der Waals surface area (Å²) < 4.78 is 21.2. The first-order valence-corrected chi connectivity index (χ1v) is 2.43. The molecule has 0 saturated carbocycles. The molecule has 0 spiro atoms. The van der Waals surface area contributed by atoms with Gasteiger partial charge in [0.1, 0.15) is 6.29 Å². The lowest BCUT2D eigenvalue weighted by atomic mass is 10.2. The Morgan fingerprint density at radius 3 is 3.00 bits per heavy atom. The molecule has 0 aromatic rings. The molecular weight excluding hydrogens is 88.1 g/mol. The first-order valence-electron chi connectivity index (χ1n) is 4.01. The Morgan fingerprint density at radius 2 is 2.57 bits per heavy atom. The molecule has 0 aromatic carbocycles. The van der Waals surface area contributed by atoms with Gasteiger partial charge in [0.25, 0.3) is 0 Å². The molecule has 0 aliphatic heterocycles. The summed E-state index contributed by atoms with van der Waals surface area (Å²) in [6.07, 6.45) is -1.49. The Balaban J connectivity index is 3.90. The highest BCUT2D eigenvalue weighted by atomic mass is 16.1. The van der Waals surface area contributed by atoms with Crippen molar-refractivity contribution in [1.82, 2.24) is 0 Å². The van der Waals surface area contributed by atoms with E-state index < -0.39 is 12.8 Å². The van der Waals surface area contributed by atoms with Crippen molar-refractivity contribution < 1.29 is 8.91 Å². The van der Waals surface area contributed by atoms with Gasteiger partial charge in [-0.2, -0.15) is 0 Å². The standard InChI is InChI=1S/C6H12O/c1-2-3-4-5-6-7/h6H,2-5H2,1H3/i4D,5D2. The number of carbonyl (C=O) groups excluding carboxylic acids is 1. The summed E-state index contributed by atoms with van der Waals surface area (Å²) >= 11 is 0. The van der Waals surface area contributed by atoms with Crippen molar-refractivity contribution in [1.29, 1.82) is 0 Å². The van der Waals surface area contributed by atoms with E-state index in [9.17, 15) is 4.79 Å². The average molecular weight is 103 g/mol. The lowest BCUT2D eigenvalue weighted by Gasteiger charge is -1.85. The van der Waals surface area contributed by atoms with E-state index in [4.69, 9.17) is 4.11 Å². The minimum atomic E-state index is -1.96. The van der Waals surface area contributed by atoms with Crippen LogP contribution in [0.25, 0.3) is 0 Å². The Hall–Kier alpha value is -0.330. The molecule has 0 radical (unpaired) electrons. The van der Waals surface area contributed by atoms with Gasteiger partial charge in [0.2, 0.25) is 0 Å². The number of aldehydes is 1. The van der Waals surface area contributed by atoms with Crippen molar-refractivity contribution in [3.8, 4) is 0 Å². The van der Waals surface area contributed by atoms with Crippen molar-refractivity contribution in [3.05, 3.63) is 0 Å². The molecule has 0 saturated heterocycles. The highest BCUT2D eigenvalue weighted by Crippen LogP contribution is 1.94. The number of hydrogen-bond donors (Lipinski definition) is 0. The number of hydrogen-bond acceptors (Lipinski definition) is 1. The van der Waals surface area contributed by atoms with Crippen LogP contribution in [0, 0.1) is 0 Å². The highest BCUT2D eigenvalue weighted by Gasteiger charge is 1.80. The Morgan fingerprint density at radius 1 is 1.86 bits per heavy atom. The van der Waals surface area contributed by atoms with E-state index in [2.05, 4.69) is 0 Å². The predicted molar refractivity (Wildman–Crippen MR) is 30.2 cm³/mol. The average Bonchev–Trinajstić information content (AvgIpc) is 1.89. The molecule has 0 aliphatic rings. The maximum Gasteiger partial charge on any atom is 0.119 e. The lowest BCUT2D eigenvalue weighted by molar-refractivity contribution is -0.107. The van der Waals surface area contributed by atoms with Crippen LogP contribution < -0.4 is 0 Å². The van der Waals surface area contributed by atoms with E-state index in [1.807, 2.05) is 6.92 Å². The van der Waals surface area contributed by atoms with Gasteiger partial charge in [-0.1, -0.05) is 19.8 Å². The van der Waals surface area contributed by atoms with Gasteiger partial charge in [0.05, 0.1) is 0 Å². The van der Waals surface area contributed by atoms with Gasteiger partial charge in [-0.05, 0) is 6.40 Å². The summed E-state index contributed by atoms with van der Waals surface area (Å²) in [5, 5.41) is 0. The Bertz CT molecular complexity index is 114. The second kappa shape index (κ2) is 5.67. The SMILES string of the molecule is [2H]C(CCC)C([2H])([2H])C=O. The third kappa shape index (κ3) is 5.67. The quantitative estimate of drug-likeness (QED) is 0.495. The zero-order valence-electron chi connectivity index (χ0n) is 7.48. The molecule has 0 bridgehead atoms. The van der Waals surface area contributed by atoms with Crippen LogP contribution in [-0.4, -0.2) is 6.29 Å². The fourth-order valence-electron chi connectivity index (χ4n) is 0.276. The normalized spacial score (nSPS) is 21.6.